The van der Waals surface area contributed by atoms with Gasteiger partial charge in [-0.3, -0.25) is 0 Å². The average Bonchev–Trinajstić information content (AvgIpc) is 0.816. The molecule has 55 nitrogen and oxygen atoms in total. The zero-order valence-electron chi connectivity index (χ0n) is 60.8. The molecule has 0 aromatic rings. The van der Waals surface area contributed by atoms with E-state index in [-0.39, 0.29) is 0 Å². The zero-order valence-corrected chi connectivity index (χ0v) is 60.8. The second kappa shape index (κ2) is 55.1. The molecule has 0 aromatic carbocycles. The van der Waals surface area contributed by atoms with Gasteiger partial charge >= 0.3 is 0 Å². The molecule has 0 unspecified atom stereocenters. The summed E-state index contributed by atoms with van der Waals surface area (Å²) in [7, 11) is 0. The Hall–Kier alpha value is -2.20. The van der Waals surface area contributed by atoms with Crippen LogP contribution in [0.3, 0.4) is 0 Å². The van der Waals surface area contributed by atoms with Crippen molar-refractivity contribution in [2.24, 2.45) is 0 Å². The van der Waals surface area contributed by atoms with Crippen LogP contribution in [0.15, 0.2) is 0 Å². The number of rotatable bonds is 40. The third-order valence-corrected chi connectivity index (χ3v) is 18.0. The first-order valence-corrected chi connectivity index (χ1v) is 35.0. The van der Waals surface area contributed by atoms with E-state index in [1.54, 1.807) is 0 Å². The van der Waals surface area contributed by atoms with Crippen molar-refractivity contribution >= 4 is 0 Å². The number of hydrogen-bond acceptors (Lipinski definition) is 55. The fourth-order valence-electron chi connectivity index (χ4n) is 10.4. The lowest BCUT2D eigenvalue weighted by molar-refractivity contribution is -0.327. The third-order valence-electron chi connectivity index (χ3n) is 18.0. The van der Waals surface area contributed by atoms with E-state index >= 15 is 0 Å². The molecule has 115 heavy (non-hydrogen) atoms. The highest BCUT2D eigenvalue weighted by Crippen LogP contribution is 2.29. The molecule has 55 heteroatoms. The van der Waals surface area contributed by atoms with Crippen LogP contribution in [0.1, 0.15) is 0 Å². The monoisotopic (exact) mass is 1720 g/mol. The molecule has 0 aromatic heterocycles. The molecular formula is C60H120O55. The Kier molecular flexibility index (Phi) is 53.1. The first kappa shape index (κ1) is 111. The van der Waals surface area contributed by atoms with Crippen LogP contribution >= 0.6 is 0 Å². The topological polar surface area (TPSA) is 1000 Å². The molecule has 5 fully saturated rings. The van der Waals surface area contributed by atoms with Crippen molar-refractivity contribution < 1.29 is 277 Å². The van der Waals surface area contributed by atoms with Crippen LogP contribution in [0, 0.1) is 0 Å². The predicted molar refractivity (Wildman–Crippen MR) is 354 cm³/mol. The van der Waals surface area contributed by atoms with Crippen molar-refractivity contribution in [3.05, 3.63) is 0 Å². The zero-order chi connectivity index (χ0) is 88.7. The van der Waals surface area contributed by atoms with Crippen molar-refractivity contribution in [1.29, 1.82) is 0 Å². The van der Waals surface area contributed by atoms with Gasteiger partial charge in [0, 0.05) is 0 Å². The van der Waals surface area contributed by atoms with Crippen LogP contribution in [-0.2, 0) is 47.4 Å². The lowest BCUT2D eigenvalue weighted by atomic mass is 9.98. The van der Waals surface area contributed by atoms with Crippen LogP contribution in [0.4, 0.5) is 0 Å². The molecule has 5 rings (SSSR count). The molecule has 0 bridgehead atoms. The minimum atomic E-state index is -1.86. The summed E-state index contributed by atoms with van der Waals surface area (Å²) in [5, 5.41) is 422. The number of hydrogen-bond donors (Lipinski definition) is 45. The maximum Gasteiger partial charge on any atom is 0.187 e. The Morgan fingerprint density at radius 3 is 0.513 bits per heavy atom. The molecule has 0 aliphatic carbocycles. The van der Waals surface area contributed by atoms with E-state index in [2.05, 4.69) is 0 Å². The minimum Gasteiger partial charge on any atom is -0.394 e. The van der Waals surface area contributed by atoms with Crippen molar-refractivity contribution in [3.63, 3.8) is 0 Å². The maximum atomic E-state index is 9.83. The van der Waals surface area contributed by atoms with Crippen molar-refractivity contribution in [2.75, 3.05) is 99.1 Å². The van der Waals surface area contributed by atoms with E-state index in [0.29, 0.717) is 0 Å². The van der Waals surface area contributed by atoms with Gasteiger partial charge in [-0.1, -0.05) is 0 Å². The Bertz CT molecular complexity index is 2190. The van der Waals surface area contributed by atoms with Crippen LogP contribution in [0.5, 0.6) is 0 Å². The first-order chi connectivity index (χ1) is 53.7. The van der Waals surface area contributed by atoms with Crippen LogP contribution in [0.25, 0.3) is 0 Å². The lowest BCUT2D eigenvalue weighted by Gasteiger charge is -2.42. The van der Waals surface area contributed by atoms with E-state index < -0.39 is 375 Å². The number of aliphatic hydroxyl groups is 45. The molecule has 690 valence electrons. The SMILES string of the molecule is OC[C@@H](O)[C@@H](O)[C@H](O)[C@@H](O)CO[C@@H]1O[C@H](CO)[C@@H](O)[C@H](O)[C@H]1O.OC[C@@H](O)[C@@H](O)[C@H](O)[C@H](O)CO[C@@H]1O[C@H](CO)[C@@H](O)[C@H](O)[C@H]1O.OC[C@@H](O)[C@@H](O)[C@H](O[C@@H]1O[C@H](CO)[C@@H](O)[C@H](O)[C@H]1O)[C@@H](O)CO.OC[C@H](O)[C@@H](O)[C@H](O)[C@H](O)CO[C@@H]1O[C@H](CO)[C@@H](O)[C@H](O)[C@H]1O.OC[C@H](O)[C@@H](O)[C@H](O)[C@H](O)CO[C@@H]1O[C@H](CO)[C@@H](O)[C@H](O)[C@H]1O. The molecule has 0 saturated carbocycles. The molecule has 0 radical (unpaired) electrons. The summed E-state index contributed by atoms with van der Waals surface area (Å²) in [6.07, 6.45) is -73.8. The van der Waals surface area contributed by atoms with Crippen molar-refractivity contribution in [2.45, 2.75) is 276 Å². The van der Waals surface area contributed by atoms with Gasteiger partial charge in [0.05, 0.1) is 99.1 Å². The van der Waals surface area contributed by atoms with Crippen molar-refractivity contribution in [3.8, 4) is 0 Å². The molecule has 5 heterocycles. The summed E-state index contributed by atoms with van der Waals surface area (Å²) in [6, 6.07) is 0. The van der Waals surface area contributed by atoms with Gasteiger partial charge in [0.1, 0.15) is 244 Å². The standard InChI is InChI=1S/5C12H24O11/c4*13-1-4(15)7(17)8(18)5(16)3-22-12-11(21)10(20)9(19)6(2-14)23-12;13-1-4(16)7(18)11(5(17)2-14)23-12-10(21)9(20)8(19)6(3-15)22-12/h5*4-21H,1-3H2/t2*4-,5+,6+,7+,8+,9+,10-,11+,12+;4-,5+,6-,7-,8-,9-,10+,11-,12-;4-,5-,6-,7-,8-,9-,10+,11-,12-;4-,5+,6-,7-,8-,9+,10-,11-,12+/m00111/s1. The van der Waals surface area contributed by atoms with E-state index in [0.717, 1.165) is 0 Å². The third kappa shape index (κ3) is 32.5. The summed E-state index contributed by atoms with van der Waals surface area (Å²) in [5.41, 5.74) is 0. The molecule has 5 aliphatic heterocycles. The summed E-state index contributed by atoms with van der Waals surface area (Å²) < 4.78 is 50.1. The van der Waals surface area contributed by atoms with Crippen LogP contribution in [-0.4, -0.2) is 605 Å². The average molecular weight is 1720 g/mol. The number of ether oxygens (including phenoxy) is 10. The highest BCUT2D eigenvalue weighted by Gasteiger charge is 2.51. The van der Waals surface area contributed by atoms with E-state index in [9.17, 15) is 174 Å². The van der Waals surface area contributed by atoms with Gasteiger partial charge < -0.3 is 277 Å². The van der Waals surface area contributed by atoms with Gasteiger partial charge in [0.25, 0.3) is 0 Å². The van der Waals surface area contributed by atoms with Crippen molar-refractivity contribution in [1.82, 2.24) is 0 Å². The lowest BCUT2D eigenvalue weighted by Crippen LogP contribution is -2.61. The van der Waals surface area contributed by atoms with E-state index in [1.165, 1.54) is 0 Å². The molecule has 45 N–H and O–H groups in total. The van der Waals surface area contributed by atoms with Crippen LogP contribution in [0.2, 0.25) is 0 Å². The Morgan fingerprint density at radius 1 is 0.183 bits per heavy atom. The molecule has 5 saturated heterocycles. The second-order valence-electron chi connectivity index (χ2n) is 26.6. The normalized spacial score (nSPS) is 37.2. The van der Waals surface area contributed by atoms with Gasteiger partial charge in [-0.2, -0.15) is 0 Å². The molecule has 45 atom stereocenters. The van der Waals surface area contributed by atoms with Gasteiger partial charge in [-0.15, -0.1) is 0 Å². The molecular weight excluding hydrogens is 1600 g/mol. The summed E-state index contributed by atoms with van der Waals surface area (Å²) in [6.45, 7) is -11.1. The largest absolute Gasteiger partial charge is 0.394 e. The Labute approximate surface area is 650 Å². The first-order valence-electron chi connectivity index (χ1n) is 35.0. The highest BCUT2D eigenvalue weighted by atomic mass is 16.7. The fourth-order valence-corrected chi connectivity index (χ4v) is 10.4. The quantitative estimate of drug-likeness (QED) is 0.0271. The van der Waals surface area contributed by atoms with Gasteiger partial charge in [0.15, 0.2) is 31.5 Å². The predicted octanol–water partition coefficient (Wildman–Crippen LogP) is -28.8. The Balaban J connectivity index is 0.000000719. The minimum absolute atomic E-state index is 0.655. The molecule has 0 amide bonds. The molecule has 0 spiro atoms. The maximum absolute atomic E-state index is 9.83. The highest BCUT2D eigenvalue weighted by molar-refractivity contribution is 4.95. The number of aliphatic hydroxyl groups excluding tert-OH is 45. The fraction of sp³-hybridized carbons (Fsp3) is 1.00. The summed E-state index contributed by atoms with van der Waals surface area (Å²) >= 11 is 0. The van der Waals surface area contributed by atoms with E-state index in [4.69, 9.17) is 104 Å². The van der Waals surface area contributed by atoms with Gasteiger partial charge in [0.2, 0.25) is 0 Å². The summed E-state index contributed by atoms with van der Waals surface area (Å²) in [5.74, 6) is 0. The molecule has 5 aliphatic rings. The van der Waals surface area contributed by atoms with E-state index in [1.807, 2.05) is 0 Å². The Morgan fingerprint density at radius 2 is 0.339 bits per heavy atom. The van der Waals surface area contributed by atoms with Gasteiger partial charge in [-0.25, -0.2) is 0 Å². The van der Waals surface area contributed by atoms with Crippen LogP contribution < -0.4 is 0 Å². The second-order valence-corrected chi connectivity index (χ2v) is 26.6. The van der Waals surface area contributed by atoms with Gasteiger partial charge in [-0.05, 0) is 0 Å². The smallest absolute Gasteiger partial charge is 0.187 e. The summed E-state index contributed by atoms with van der Waals surface area (Å²) in [4.78, 5) is 0.